The number of hydrogen-bond acceptors (Lipinski definition) is 1. The Hall–Kier alpha value is -0.970. The zero-order valence-corrected chi connectivity index (χ0v) is 7.19. The minimum atomic E-state index is -4.42. The number of carbonyl (C=O) groups excluding carboxylic acids is 1. The molecule has 0 rings (SSSR count). The number of rotatable bonds is 4. The number of alkyl halides is 3. The van der Waals surface area contributed by atoms with E-state index in [1.165, 1.54) is 6.08 Å². The van der Waals surface area contributed by atoms with E-state index in [1.54, 1.807) is 0 Å². The van der Waals surface area contributed by atoms with Crippen molar-refractivity contribution >= 4 is 18.0 Å². The Balaban J connectivity index is 3.98. The van der Waals surface area contributed by atoms with Crippen molar-refractivity contribution in [2.45, 2.75) is 6.18 Å². The molecule has 1 amide bonds. The second-order valence-corrected chi connectivity index (χ2v) is 2.44. The van der Waals surface area contributed by atoms with Gasteiger partial charge in [-0.15, -0.1) is 0 Å². The molecule has 0 aliphatic heterocycles. The Morgan fingerprint density at radius 1 is 1.46 bits per heavy atom. The molecule has 0 radical (unpaired) electrons. The summed E-state index contributed by atoms with van der Waals surface area (Å²) in [4.78, 5) is 9.71. The van der Waals surface area contributed by atoms with Gasteiger partial charge in [0.15, 0.2) is 0 Å². The molecule has 0 aromatic carbocycles. The quantitative estimate of drug-likeness (QED) is 0.432. The van der Waals surface area contributed by atoms with Crippen LogP contribution in [0, 0.1) is 0 Å². The number of carbonyl (C=O) groups is 1. The van der Waals surface area contributed by atoms with Crippen LogP contribution in [-0.2, 0) is 4.79 Å². The second kappa shape index (κ2) is 5.64. The van der Waals surface area contributed by atoms with E-state index < -0.39 is 11.2 Å². The lowest BCUT2D eigenvalue weighted by atomic mass is 10.4. The molecule has 1 N–H and O–H groups in total. The summed E-state index contributed by atoms with van der Waals surface area (Å²) in [7, 11) is 0. The van der Waals surface area contributed by atoms with Gasteiger partial charge in [0.25, 0.3) is 0 Å². The SMILES string of the molecule is O=CNCC=CC(Cl)=CC(F)(F)F. The lowest BCUT2D eigenvalue weighted by molar-refractivity contribution is -0.109. The smallest absolute Gasteiger partial charge is 0.355 e. The van der Waals surface area contributed by atoms with Crippen molar-refractivity contribution in [2.24, 2.45) is 0 Å². The normalized spacial score (nSPS) is 13.4. The predicted molar refractivity (Wildman–Crippen MR) is 43.2 cm³/mol. The van der Waals surface area contributed by atoms with Crippen LogP contribution in [0.2, 0.25) is 0 Å². The van der Waals surface area contributed by atoms with Crippen molar-refractivity contribution < 1.29 is 18.0 Å². The Kier molecular flexibility index (Phi) is 5.22. The van der Waals surface area contributed by atoms with Gasteiger partial charge in [0.05, 0.1) is 0 Å². The molecule has 0 aromatic heterocycles. The fraction of sp³-hybridized carbons (Fsp3) is 0.286. The van der Waals surface area contributed by atoms with Crippen molar-refractivity contribution in [3.05, 3.63) is 23.3 Å². The highest BCUT2D eigenvalue weighted by Crippen LogP contribution is 2.20. The molecule has 0 saturated carbocycles. The van der Waals surface area contributed by atoms with E-state index in [4.69, 9.17) is 11.6 Å². The standard InChI is InChI=1S/C7H7ClF3NO/c8-6(4-7(9,10)11)2-1-3-12-5-13/h1-2,4-5H,3H2,(H,12,13). The van der Waals surface area contributed by atoms with Gasteiger partial charge in [-0.1, -0.05) is 17.7 Å². The highest BCUT2D eigenvalue weighted by molar-refractivity contribution is 6.31. The summed E-state index contributed by atoms with van der Waals surface area (Å²) in [6, 6.07) is 0. The first-order valence-corrected chi connectivity index (χ1v) is 3.62. The number of halogens is 4. The third kappa shape index (κ3) is 8.94. The minimum absolute atomic E-state index is 0.0357. The zero-order valence-electron chi connectivity index (χ0n) is 6.44. The van der Waals surface area contributed by atoms with Crippen LogP contribution in [0.25, 0.3) is 0 Å². The van der Waals surface area contributed by atoms with Gasteiger partial charge in [0.2, 0.25) is 6.41 Å². The summed E-state index contributed by atoms with van der Waals surface area (Å²) in [6.45, 7) is 0.144. The molecule has 6 heteroatoms. The van der Waals surface area contributed by atoms with Gasteiger partial charge in [-0.2, -0.15) is 13.2 Å². The molecule has 0 aliphatic rings. The van der Waals surface area contributed by atoms with E-state index >= 15 is 0 Å². The number of allylic oxidation sites excluding steroid dienone is 3. The first-order valence-electron chi connectivity index (χ1n) is 3.24. The molecule has 0 heterocycles. The van der Waals surface area contributed by atoms with Crippen LogP contribution in [0.4, 0.5) is 13.2 Å². The van der Waals surface area contributed by atoms with Gasteiger partial charge in [-0.3, -0.25) is 4.79 Å². The van der Waals surface area contributed by atoms with Crippen LogP contribution in [-0.4, -0.2) is 19.1 Å². The molecule has 0 bridgehead atoms. The molecule has 0 atom stereocenters. The highest BCUT2D eigenvalue weighted by Gasteiger charge is 2.23. The van der Waals surface area contributed by atoms with E-state index in [1.807, 2.05) is 0 Å². The van der Waals surface area contributed by atoms with E-state index in [2.05, 4.69) is 5.32 Å². The van der Waals surface area contributed by atoms with Gasteiger partial charge in [-0.05, 0) is 6.08 Å². The zero-order chi connectivity index (χ0) is 10.3. The van der Waals surface area contributed by atoms with Gasteiger partial charge >= 0.3 is 6.18 Å². The van der Waals surface area contributed by atoms with E-state index in [-0.39, 0.29) is 12.6 Å². The average molecular weight is 214 g/mol. The molecule has 0 unspecified atom stereocenters. The average Bonchev–Trinajstić information content (AvgIpc) is 1.94. The molecule has 2 nitrogen and oxygen atoms in total. The largest absolute Gasteiger partial charge is 0.411 e. The third-order valence-electron chi connectivity index (χ3n) is 0.898. The van der Waals surface area contributed by atoms with Crippen molar-refractivity contribution in [1.82, 2.24) is 5.32 Å². The molecule has 0 saturated heterocycles. The molecular weight excluding hydrogens is 207 g/mol. The van der Waals surface area contributed by atoms with Crippen LogP contribution < -0.4 is 5.32 Å². The lowest BCUT2D eigenvalue weighted by Crippen LogP contribution is -2.09. The highest BCUT2D eigenvalue weighted by atomic mass is 35.5. The summed E-state index contributed by atoms with van der Waals surface area (Å²) < 4.78 is 34.8. The van der Waals surface area contributed by atoms with Crippen LogP contribution in [0.15, 0.2) is 23.3 Å². The van der Waals surface area contributed by atoms with Crippen LogP contribution in [0.5, 0.6) is 0 Å². The summed E-state index contributed by atoms with van der Waals surface area (Å²) in [5, 5.41) is 1.80. The summed E-state index contributed by atoms with van der Waals surface area (Å²) in [5.74, 6) is 0. The fourth-order valence-corrected chi connectivity index (χ4v) is 0.705. The Morgan fingerprint density at radius 3 is 2.54 bits per heavy atom. The maximum absolute atomic E-state index is 11.6. The molecule has 0 spiro atoms. The molecule has 13 heavy (non-hydrogen) atoms. The predicted octanol–water partition coefficient (Wildman–Crippen LogP) is 1.97. The van der Waals surface area contributed by atoms with E-state index in [0.29, 0.717) is 6.41 Å². The van der Waals surface area contributed by atoms with E-state index in [9.17, 15) is 18.0 Å². The molecule has 74 valence electrons. The summed E-state index contributed by atoms with van der Waals surface area (Å²) in [6.07, 6.45) is -1.65. The first kappa shape index (κ1) is 12.0. The van der Waals surface area contributed by atoms with Gasteiger partial charge in [-0.25, -0.2) is 0 Å². The number of nitrogens with one attached hydrogen (secondary N) is 1. The maximum atomic E-state index is 11.6. The van der Waals surface area contributed by atoms with E-state index in [0.717, 1.165) is 6.08 Å². The topological polar surface area (TPSA) is 29.1 Å². The van der Waals surface area contributed by atoms with Crippen LogP contribution in [0.3, 0.4) is 0 Å². The van der Waals surface area contributed by atoms with Crippen molar-refractivity contribution in [2.75, 3.05) is 6.54 Å². The maximum Gasteiger partial charge on any atom is 0.411 e. The van der Waals surface area contributed by atoms with Crippen molar-refractivity contribution in [3.8, 4) is 0 Å². The monoisotopic (exact) mass is 213 g/mol. The van der Waals surface area contributed by atoms with Crippen LogP contribution >= 0.6 is 11.6 Å². The van der Waals surface area contributed by atoms with Gasteiger partial charge in [0.1, 0.15) is 0 Å². The lowest BCUT2D eigenvalue weighted by Gasteiger charge is -1.97. The van der Waals surface area contributed by atoms with Gasteiger partial charge < -0.3 is 5.32 Å². The Morgan fingerprint density at radius 2 is 2.08 bits per heavy atom. The second-order valence-electron chi connectivity index (χ2n) is 2.00. The number of hydrogen-bond donors (Lipinski definition) is 1. The summed E-state index contributed by atoms with van der Waals surface area (Å²) in [5.41, 5.74) is 0. The molecule has 0 aliphatic carbocycles. The number of amides is 1. The minimum Gasteiger partial charge on any atom is -0.355 e. The molecule has 0 fully saturated rings. The van der Waals surface area contributed by atoms with Crippen molar-refractivity contribution in [1.29, 1.82) is 0 Å². The van der Waals surface area contributed by atoms with Gasteiger partial charge in [0, 0.05) is 17.7 Å². The van der Waals surface area contributed by atoms with Crippen molar-refractivity contribution in [3.63, 3.8) is 0 Å². The third-order valence-corrected chi connectivity index (χ3v) is 1.13. The first-order chi connectivity index (χ1) is 5.95. The molecular formula is C7H7ClF3NO. The van der Waals surface area contributed by atoms with Crippen LogP contribution in [0.1, 0.15) is 0 Å². The molecule has 0 aromatic rings. The fourth-order valence-electron chi connectivity index (χ4n) is 0.492. The Labute approximate surface area is 78.1 Å². The summed E-state index contributed by atoms with van der Waals surface area (Å²) >= 11 is 5.18. The Bertz CT molecular complexity index is 222.